The molecule has 2 rings (SSSR count). The maximum atomic E-state index is 12.7. The molecule has 0 saturated heterocycles. The molecule has 0 bridgehead atoms. The van der Waals surface area contributed by atoms with Gasteiger partial charge in [0.15, 0.2) is 0 Å². The van der Waals surface area contributed by atoms with Crippen molar-refractivity contribution in [2.45, 2.75) is 13.8 Å². The molecule has 9 nitrogen and oxygen atoms in total. The van der Waals surface area contributed by atoms with Crippen LogP contribution in [0.2, 0.25) is 0 Å². The number of nitrogens with zero attached hydrogens (tertiary/aromatic N) is 3. The number of carbonyl (C=O) groups is 1. The Morgan fingerprint density at radius 3 is 2.56 bits per heavy atom. The van der Waals surface area contributed by atoms with Crippen LogP contribution in [0.15, 0.2) is 47.0 Å². The molecule has 0 atom stereocenters. The standard InChI is InChI=1S/C16H18N4O5/c1-4-25-16(22)13(20(23)24)10-17-14-11(2)18(3)19(15(14)21)12-8-6-5-7-9-12/h5-10,17H,4H2,1-3H3/b13-10-. The smallest absolute Gasteiger partial charge is 0.411 e. The van der Waals surface area contributed by atoms with Crippen LogP contribution >= 0.6 is 0 Å². The number of benzene rings is 1. The predicted octanol–water partition coefficient (Wildman–Crippen LogP) is 1.58. The number of anilines is 1. The number of nitrogens with one attached hydrogen (secondary N) is 1. The highest BCUT2D eigenvalue weighted by Crippen LogP contribution is 2.14. The molecule has 0 aliphatic rings. The van der Waals surface area contributed by atoms with Crippen LogP contribution in [0, 0.1) is 17.0 Å². The highest BCUT2D eigenvalue weighted by atomic mass is 16.6. The fourth-order valence-corrected chi connectivity index (χ4v) is 2.27. The van der Waals surface area contributed by atoms with Crippen molar-refractivity contribution < 1.29 is 14.5 Å². The van der Waals surface area contributed by atoms with Crippen LogP contribution in [0.3, 0.4) is 0 Å². The van der Waals surface area contributed by atoms with Crippen molar-refractivity contribution >= 4 is 11.7 Å². The molecule has 9 heteroatoms. The Bertz CT molecular complexity index is 880. The first kappa shape index (κ1) is 18.0. The van der Waals surface area contributed by atoms with Gasteiger partial charge in [-0.2, -0.15) is 0 Å². The quantitative estimate of drug-likeness (QED) is 0.368. The monoisotopic (exact) mass is 346 g/mol. The maximum absolute atomic E-state index is 12.7. The van der Waals surface area contributed by atoms with Gasteiger partial charge in [-0.05, 0) is 26.0 Å². The molecule has 1 aromatic carbocycles. The average molecular weight is 346 g/mol. The van der Waals surface area contributed by atoms with Gasteiger partial charge in [-0.15, -0.1) is 0 Å². The minimum absolute atomic E-state index is 0.00912. The predicted molar refractivity (Wildman–Crippen MR) is 91.1 cm³/mol. The Kier molecular flexibility index (Phi) is 5.38. The number of hydrogen-bond acceptors (Lipinski definition) is 6. The number of aromatic nitrogens is 2. The first-order chi connectivity index (χ1) is 11.9. The Balaban J connectivity index is 2.44. The molecule has 0 unspecified atom stereocenters. The van der Waals surface area contributed by atoms with Gasteiger partial charge >= 0.3 is 11.7 Å². The number of nitro groups is 1. The molecule has 0 aliphatic carbocycles. The fourth-order valence-electron chi connectivity index (χ4n) is 2.27. The van der Waals surface area contributed by atoms with Crippen molar-refractivity contribution in [3.8, 4) is 5.69 Å². The lowest BCUT2D eigenvalue weighted by Gasteiger charge is -2.07. The maximum Gasteiger partial charge on any atom is 0.411 e. The van der Waals surface area contributed by atoms with Gasteiger partial charge in [0.2, 0.25) is 0 Å². The van der Waals surface area contributed by atoms with E-state index in [1.807, 2.05) is 6.07 Å². The van der Waals surface area contributed by atoms with Gasteiger partial charge in [0.1, 0.15) is 5.69 Å². The number of para-hydroxylation sites is 1. The summed E-state index contributed by atoms with van der Waals surface area (Å²) >= 11 is 0. The van der Waals surface area contributed by atoms with Crippen molar-refractivity contribution in [3.05, 3.63) is 68.4 Å². The third-order valence-electron chi connectivity index (χ3n) is 3.59. The molecule has 1 heterocycles. The SMILES string of the molecule is CCOC(=O)/C(=C/Nc1c(C)n(C)n(-c2ccccc2)c1=O)[N+](=O)[O-]. The normalized spacial score (nSPS) is 11.2. The summed E-state index contributed by atoms with van der Waals surface area (Å²) in [4.78, 5) is 34.4. The Labute approximate surface area is 143 Å². The number of hydrogen-bond donors (Lipinski definition) is 1. The van der Waals surface area contributed by atoms with E-state index in [4.69, 9.17) is 0 Å². The van der Waals surface area contributed by atoms with E-state index in [0.29, 0.717) is 11.4 Å². The van der Waals surface area contributed by atoms with Crippen LogP contribution < -0.4 is 10.9 Å². The lowest BCUT2D eigenvalue weighted by atomic mass is 10.3. The number of ether oxygens (including phenoxy) is 1. The average Bonchev–Trinajstić information content (AvgIpc) is 2.79. The van der Waals surface area contributed by atoms with Gasteiger partial charge in [0.05, 0.1) is 29.1 Å². The molecule has 2 aromatic rings. The molecule has 132 valence electrons. The van der Waals surface area contributed by atoms with Crippen LogP contribution in [0.5, 0.6) is 0 Å². The molecule has 1 N–H and O–H groups in total. The minimum Gasteiger partial charge on any atom is -0.458 e. The molecule has 0 amide bonds. The van der Waals surface area contributed by atoms with Crippen LogP contribution in [0.25, 0.3) is 5.69 Å². The van der Waals surface area contributed by atoms with Crippen LogP contribution in [-0.4, -0.2) is 26.9 Å². The summed E-state index contributed by atoms with van der Waals surface area (Å²) in [5.74, 6) is -1.07. The highest BCUT2D eigenvalue weighted by molar-refractivity contribution is 5.86. The molecule has 0 radical (unpaired) electrons. The summed E-state index contributed by atoms with van der Waals surface area (Å²) in [6, 6.07) is 8.95. The summed E-state index contributed by atoms with van der Waals surface area (Å²) < 4.78 is 7.67. The minimum atomic E-state index is -1.07. The van der Waals surface area contributed by atoms with E-state index >= 15 is 0 Å². The second-order valence-corrected chi connectivity index (χ2v) is 5.09. The van der Waals surface area contributed by atoms with Gasteiger partial charge in [-0.25, -0.2) is 9.48 Å². The Hall–Kier alpha value is -3.36. The van der Waals surface area contributed by atoms with Gasteiger partial charge in [0.25, 0.3) is 5.56 Å². The first-order valence-electron chi connectivity index (χ1n) is 7.50. The second-order valence-electron chi connectivity index (χ2n) is 5.09. The molecule has 0 spiro atoms. The number of carbonyl (C=O) groups excluding carboxylic acids is 1. The summed E-state index contributed by atoms with van der Waals surface area (Å²) in [6.07, 6.45) is 0.872. The van der Waals surface area contributed by atoms with Gasteiger partial charge in [-0.3, -0.25) is 19.6 Å². The van der Waals surface area contributed by atoms with Crippen LogP contribution in [0.1, 0.15) is 12.6 Å². The third-order valence-corrected chi connectivity index (χ3v) is 3.59. The molecule has 1 aromatic heterocycles. The summed E-state index contributed by atoms with van der Waals surface area (Å²) in [6.45, 7) is 3.24. The molecule has 0 fully saturated rings. The van der Waals surface area contributed by atoms with E-state index in [1.165, 1.54) is 4.68 Å². The van der Waals surface area contributed by atoms with E-state index < -0.39 is 22.1 Å². The van der Waals surface area contributed by atoms with E-state index in [-0.39, 0.29) is 12.3 Å². The topological polar surface area (TPSA) is 108 Å². The Morgan fingerprint density at radius 2 is 2.00 bits per heavy atom. The molecular formula is C16H18N4O5. The van der Waals surface area contributed by atoms with Crippen molar-refractivity contribution in [3.63, 3.8) is 0 Å². The van der Waals surface area contributed by atoms with Gasteiger partial charge in [-0.1, -0.05) is 18.2 Å². The largest absolute Gasteiger partial charge is 0.458 e. The highest BCUT2D eigenvalue weighted by Gasteiger charge is 2.24. The van der Waals surface area contributed by atoms with Crippen molar-refractivity contribution in [1.82, 2.24) is 9.36 Å². The fraction of sp³-hybridized carbons (Fsp3) is 0.250. The van der Waals surface area contributed by atoms with E-state index in [0.717, 1.165) is 6.20 Å². The molecule has 0 saturated carbocycles. The van der Waals surface area contributed by atoms with E-state index in [9.17, 15) is 19.7 Å². The zero-order valence-electron chi connectivity index (χ0n) is 14.1. The van der Waals surface area contributed by atoms with Gasteiger partial charge in [0, 0.05) is 7.05 Å². The van der Waals surface area contributed by atoms with E-state index in [2.05, 4.69) is 10.1 Å². The van der Waals surface area contributed by atoms with Crippen molar-refractivity contribution in [2.75, 3.05) is 11.9 Å². The van der Waals surface area contributed by atoms with E-state index in [1.54, 1.807) is 49.8 Å². The van der Waals surface area contributed by atoms with Crippen molar-refractivity contribution in [1.29, 1.82) is 0 Å². The molecule has 25 heavy (non-hydrogen) atoms. The summed E-state index contributed by atoms with van der Waals surface area (Å²) in [5.41, 5.74) is 0.159. The number of esters is 1. The van der Waals surface area contributed by atoms with Crippen LogP contribution in [0.4, 0.5) is 5.69 Å². The van der Waals surface area contributed by atoms with Gasteiger partial charge < -0.3 is 10.1 Å². The molecular weight excluding hydrogens is 328 g/mol. The third kappa shape index (κ3) is 3.60. The molecule has 0 aliphatic heterocycles. The zero-order valence-corrected chi connectivity index (χ0v) is 14.1. The Morgan fingerprint density at radius 1 is 1.36 bits per heavy atom. The lowest BCUT2D eigenvalue weighted by molar-refractivity contribution is -0.421. The van der Waals surface area contributed by atoms with Crippen molar-refractivity contribution in [2.24, 2.45) is 7.05 Å². The first-order valence-corrected chi connectivity index (χ1v) is 7.50. The zero-order chi connectivity index (χ0) is 18.6. The number of rotatable bonds is 6. The lowest BCUT2D eigenvalue weighted by Crippen LogP contribution is -2.21. The summed E-state index contributed by atoms with van der Waals surface area (Å²) in [7, 11) is 1.69. The van der Waals surface area contributed by atoms with Crippen LogP contribution in [-0.2, 0) is 16.6 Å². The second kappa shape index (κ2) is 7.47. The summed E-state index contributed by atoms with van der Waals surface area (Å²) in [5, 5.41) is 13.6.